The van der Waals surface area contributed by atoms with Crippen LogP contribution in [0.5, 0.6) is 0 Å². The molecule has 1 atom stereocenters. The third-order valence-electron chi connectivity index (χ3n) is 3.38. The van der Waals surface area contributed by atoms with E-state index in [1.54, 1.807) is 11.3 Å². The predicted molar refractivity (Wildman–Crippen MR) is 82.5 cm³/mol. The van der Waals surface area contributed by atoms with Crippen molar-refractivity contribution in [3.8, 4) is 0 Å². The van der Waals surface area contributed by atoms with Crippen LogP contribution in [0.1, 0.15) is 28.3 Å². The Morgan fingerprint density at radius 3 is 2.79 bits per heavy atom. The van der Waals surface area contributed by atoms with Crippen LogP contribution < -0.4 is 0 Å². The van der Waals surface area contributed by atoms with E-state index in [1.165, 1.54) is 15.3 Å². The van der Waals surface area contributed by atoms with Gasteiger partial charge in [-0.2, -0.15) is 0 Å². The Labute approximate surface area is 120 Å². The minimum atomic E-state index is 0.203. The molecule has 0 fully saturated rings. The summed E-state index contributed by atoms with van der Waals surface area (Å²) >= 11 is 7.27. The van der Waals surface area contributed by atoms with Gasteiger partial charge in [0.1, 0.15) is 0 Å². The van der Waals surface area contributed by atoms with E-state index in [9.17, 15) is 0 Å². The van der Waals surface area contributed by atoms with Gasteiger partial charge in [0, 0.05) is 16.0 Å². The number of aryl methyl sites for hydroxylation is 2. The predicted octanol–water partition coefficient (Wildman–Crippen LogP) is 4.38. The maximum Gasteiger partial charge on any atom is 0.179 e. The average Bonchev–Trinajstić information content (AvgIpc) is 2.93. The van der Waals surface area contributed by atoms with Gasteiger partial charge in [-0.05, 0) is 56.8 Å². The maximum atomic E-state index is 5.47. The van der Waals surface area contributed by atoms with E-state index in [4.69, 9.17) is 12.2 Å². The number of hydrogen-bond acceptors (Lipinski definition) is 3. The van der Waals surface area contributed by atoms with Gasteiger partial charge in [-0.15, -0.1) is 11.3 Å². The topological polar surface area (TPSA) is 33.6 Å². The SMILES string of the molecule is Cc1ccc(C(C)n2c(=S)[nH]c3c(C)ccnc32)s1. The fraction of sp³-hybridized carbons (Fsp3) is 0.286. The van der Waals surface area contributed by atoms with E-state index in [1.807, 2.05) is 12.3 Å². The van der Waals surface area contributed by atoms with E-state index in [0.29, 0.717) is 0 Å². The van der Waals surface area contributed by atoms with Gasteiger partial charge in [-0.25, -0.2) is 4.98 Å². The maximum absolute atomic E-state index is 5.47. The molecule has 0 bridgehead atoms. The molecule has 3 nitrogen and oxygen atoms in total. The summed E-state index contributed by atoms with van der Waals surface area (Å²) in [4.78, 5) is 10.4. The van der Waals surface area contributed by atoms with Crippen molar-refractivity contribution in [2.75, 3.05) is 0 Å². The molecule has 0 aromatic carbocycles. The van der Waals surface area contributed by atoms with Gasteiger partial charge in [-0.3, -0.25) is 4.57 Å². The van der Waals surface area contributed by atoms with Gasteiger partial charge in [0.05, 0.1) is 11.6 Å². The quantitative estimate of drug-likeness (QED) is 0.710. The number of nitrogens with zero attached hydrogens (tertiary/aromatic N) is 2. The van der Waals surface area contributed by atoms with Crippen molar-refractivity contribution in [3.05, 3.63) is 44.5 Å². The van der Waals surface area contributed by atoms with Gasteiger partial charge < -0.3 is 4.98 Å². The van der Waals surface area contributed by atoms with Crippen molar-refractivity contribution in [2.45, 2.75) is 26.8 Å². The summed E-state index contributed by atoms with van der Waals surface area (Å²) in [5.74, 6) is 0. The normalized spacial score (nSPS) is 13.0. The molecule has 1 unspecified atom stereocenters. The molecule has 0 aliphatic carbocycles. The smallest absolute Gasteiger partial charge is 0.179 e. The van der Waals surface area contributed by atoms with Crippen LogP contribution in [0.3, 0.4) is 0 Å². The van der Waals surface area contributed by atoms with Crippen molar-refractivity contribution in [1.82, 2.24) is 14.5 Å². The summed E-state index contributed by atoms with van der Waals surface area (Å²) in [5.41, 5.74) is 3.14. The molecule has 3 aromatic heterocycles. The Morgan fingerprint density at radius 1 is 1.32 bits per heavy atom. The zero-order chi connectivity index (χ0) is 13.6. The lowest BCUT2D eigenvalue weighted by atomic mass is 10.2. The highest BCUT2D eigenvalue weighted by Gasteiger charge is 2.16. The van der Waals surface area contributed by atoms with E-state index < -0.39 is 0 Å². The number of nitrogens with one attached hydrogen (secondary N) is 1. The van der Waals surface area contributed by atoms with E-state index in [0.717, 1.165) is 15.9 Å². The van der Waals surface area contributed by atoms with Gasteiger partial charge in [0.15, 0.2) is 10.4 Å². The number of aromatic nitrogens is 3. The molecule has 3 aromatic rings. The fourth-order valence-corrected chi connectivity index (χ4v) is 3.58. The van der Waals surface area contributed by atoms with Crippen LogP contribution >= 0.6 is 23.6 Å². The van der Waals surface area contributed by atoms with E-state index in [2.05, 4.69) is 47.4 Å². The molecule has 0 radical (unpaired) electrons. The average molecular weight is 289 g/mol. The van der Waals surface area contributed by atoms with Crippen molar-refractivity contribution < 1.29 is 0 Å². The molecular weight excluding hydrogens is 274 g/mol. The Bertz CT molecular complexity index is 794. The lowest BCUT2D eigenvalue weighted by Crippen LogP contribution is -2.05. The zero-order valence-electron chi connectivity index (χ0n) is 11.1. The third-order valence-corrected chi connectivity index (χ3v) is 4.85. The van der Waals surface area contributed by atoms with Crippen LogP contribution in [0.2, 0.25) is 0 Å². The van der Waals surface area contributed by atoms with E-state index >= 15 is 0 Å². The summed E-state index contributed by atoms with van der Waals surface area (Å²) < 4.78 is 2.83. The molecule has 19 heavy (non-hydrogen) atoms. The van der Waals surface area contributed by atoms with Crippen molar-refractivity contribution in [1.29, 1.82) is 0 Å². The molecule has 0 aliphatic heterocycles. The fourth-order valence-electron chi connectivity index (χ4n) is 2.31. The molecule has 0 saturated heterocycles. The van der Waals surface area contributed by atoms with Gasteiger partial charge in [0.25, 0.3) is 0 Å². The molecule has 1 N–H and O–H groups in total. The van der Waals surface area contributed by atoms with E-state index in [-0.39, 0.29) is 6.04 Å². The summed E-state index contributed by atoms with van der Waals surface area (Å²) in [6, 6.07) is 6.52. The summed E-state index contributed by atoms with van der Waals surface area (Å²) in [7, 11) is 0. The number of fused-ring (bicyclic) bond motifs is 1. The largest absolute Gasteiger partial charge is 0.329 e. The highest BCUT2D eigenvalue weighted by Crippen LogP contribution is 2.29. The first-order chi connectivity index (χ1) is 9.08. The molecule has 3 rings (SSSR count). The van der Waals surface area contributed by atoms with Crippen LogP contribution in [0.4, 0.5) is 0 Å². The minimum Gasteiger partial charge on any atom is -0.329 e. The van der Waals surface area contributed by atoms with Crippen LogP contribution in [0.15, 0.2) is 24.4 Å². The van der Waals surface area contributed by atoms with Crippen molar-refractivity contribution in [3.63, 3.8) is 0 Å². The first-order valence-electron chi connectivity index (χ1n) is 6.20. The number of rotatable bonds is 2. The molecule has 0 amide bonds. The zero-order valence-corrected chi connectivity index (χ0v) is 12.7. The van der Waals surface area contributed by atoms with Crippen molar-refractivity contribution in [2.24, 2.45) is 0 Å². The second-order valence-corrected chi connectivity index (χ2v) is 6.46. The first kappa shape index (κ1) is 12.6. The minimum absolute atomic E-state index is 0.203. The van der Waals surface area contributed by atoms with Crippen LogP contribution in [-0.4, -0.2) is 14.5 Å². The highest BCUT2D eigenvalue weighted by atomic mass is 32.1. The highest BCUT2D eigenvalue weighted by molar-refractivity contribution is 7.71. The van der Waals surface area contributed by atoms with Gasteiger partial charge >= 0.3 is 0 Å². The molecule has 0 spiro atoms. The Kier molecular flexibility index (Phi) is 3.03. The number of aromatic amines is 1. The third kappa shape index (κ3) is 2.03. The summed E-state index contributed by atoms with van der Waals surface area (Å²) in [6.07, 6.45) is 1.84. The molecule has 0 saturated carbocycles. The molecule has 3 heterocycles. The Balaban J connectivity index is 2.23. The number of hydrogen-bond donors (Lipinski definition) is 1. The molecule has 0 aliphatic rings. The van der Waals surface area contributed by atoms with Crippen LogP contribution in [0, 0.1) is 18.6 Å². The standard InChI is InChI=1S/C14H15N3S2/c1-8-6-7-15-13-12(8)16-14(18)17(13)10(3)11-5-4-9(2)19-11/h4-7,10H,1-3H3,(H,16,18). The molecular formula is C14H15N3S2. The lowest BCUT2D eigenvalue weighted by molar-refractivity contribution is 0.655. The van der Waals surface area contributed by atoms with Crippen molar-refractivity contribution >= 4 is 34.7 Å². The number of thiophene rings is 1. The summed E-state index contributed by atoms with van der Waals surface area (Å²) in [6.45, 7) is 6.36. The van der Waals surface area contributed by atoms with Gasteiger partial charge in [0.2, 0.25) is 0 Å². The summed E-state index contributed by atoms with van der Waals surface area (Å²) in [5, 5.41) is 0. The first-order valence-corrected chi connectivity index (χ1v) is 7.42. The second kappa shape index (κ2) is 4.58. The number of pyridine rings is 1. The van der Waals surface area contributed by atoms with Crippen LogP contribution in [-0.2, 0) is 0 Å². The molecule has 5 heteroatoms. The number of H-pyrrole nitrogens is 1. The van der Waals surface area contributed by atoms with Crippen LogP contribution in [0.25, 0.3) is 11.2 Å². The monoisotopic (exact) mass is 289 g/mol. The molecule has 98 valence electrons. The Morgan fingerprint density at radius 2 is 2.11 bits per heavy atom. The lowest BCUT2D eigenvalue weighted by Gasteiger charge is -2.12. The number of imidazole rings is 1. The second-order valence-electron chi connectivity index (χ2n) is 4.75. The Hall–Kier alpha value is -1.46. The van der Waals surface area contributed by atoms with Gasteiger partial charge in [-0.1, -0.05) is 0 Å².